The molecule has 0 bridgehead atoms. The molecule has 31 heavy (non-hydrogen) atoms. The second-order valence-corrected chi connectivity index (χ2v) is 7.13. The number of fused-ring (bicyclic) bond motifs is 3. The summed E-state index contributed by atoms with van der Waals surface area (Å²) in [4.78, 5) is 16.9. The number of nitrogens with zero attached hydrogens (tertiary/aromatic N) is 5. The molecule has 4 aromatic heterocycles. The topological polar surface area (TPSA) is 65.2 Å². The summed E-state index contributed by atoms with van der Waals surface area (Å²) in [6.45, 7) is 3.70. The molecule has 6 nitrogen and oxygen atoms in total. The number of halogens is 2. The number of aryl methyl sites for hydroxylation is 2. The van der Waals surface area contributed by atoms with E-state index in [1.165, 1.54) is 19.5 Å². The van der Waals surface area contributed by atoms with Crippen LogP contribution in [0, 0.1) is 25.7 Å². The molecule has 5 aromatic rings. The maximum atomic E-state index is 14.6. The average molecular weight is 417 g/mol. The number of ether oxygens (including phenoxy) is 1. The Kier molecular flexibility index (Phi) is 4.35. The van der Waals surface area contributed by atoms with Crippen molar-refractivity contribution in [2.24, 2.45) is 0 Å². The van der Waals surface area contributed by atoms with Crippen LogP contribution < -0.4 is 4.74 Å². The lowest BCUT2D eigenvalue weighted by Gasteiger charge is -2.14. The number of hydrogen-bond acceptors (Lipinski definition) is 5. The first kappa shape index (κ1) is 19.0. The van der Waals surface area contributed by atoms with Crippen LogP contribution in [0.4, 0.5) is 8.78 Å². The summed E-state index contributed by atoms with van der Waals surface area (Å²) in [6, 6.07) is 10.1. The van der Waals surface area contributed by atoms with Gasteiger partial charge in [0.15, 0.2) is 0 Å². The SMILES string of the molecule is COc1cc(-c2cccnc2F)cc2c1nc(C)c1c(C)nc(-c3cccnc3F)n12. The summed E-state index contributed by atoms with van der Waals surface area (Å²) in [6.07, 6.45) is 2.78. The number of pyridine rings is 2. The fraction of sp³-hybridized carbons (Fsp3) is 0.130. The van der Waals surface area contributed by atoms with E-state index < -0.39 is 11.9 Å². The van der Waals surface area contributed by atoms with Crippen molar-refractivity contribution in [3.8, 4) is 28.3 Å². The average Bonchev–Trinajstić information content (AvgIpc) is 3.12. The van der Waals surface area contributed by atoms with Gasteiger partial charge in [-0.25, -0.2) is 19.9 Å². The van der Waals surface area contributed by atoms with Gasteiger partial charge in [0.05, 0.1) is 35.1 Å². The van der Waals surface area contributed by atoms with Crippen molar-refractivity contribution in [1.29, 1.82) is 0 Å². The zero-order chi connectivity index (χ0) is 21.7. The molecular formula is C23H17F2N5O. The van der Waals surface area contributed by atoms with Crippen molar-refractivity contribution in [2.75, 3.05) is 7.11 Å². The summed E-state index contributed by atoms with van der Waals surface area (Å²) in [5, 5.41) is 0. The molecule has 0 aliphatic heterocycles. The van der Waals surface area contributed by atoms with Gasteiger partial charge in [0, 0.05) is 18.0 Å². The lowest BCUT2D eigenvalue weighted by Crippen LogP contribution is -2.01. The van der Waals surface area contributed by atoms with Crippen LogP contribution in [0.1, 0.15) is 11.4 Å². The molecular weight excluding hydrogens is 400 g/mol. The van der Waals surface area contributed by atoms with E-state index in [1.807, 2.05) is 18.2 Å². The zero-order valence-corrected chi connectivity index (χ0v) is 17.0. The highest BCUT2D eigenvalue weighted by molar-refractivity contribution is 5.91. The van der Waals surface area contributed by atoms with E-state index in [0.29, 0.717) is 45.1 Å². The van der Waals surface area contributed by atoms with Gasteiger partial charge in [-0.15, -0.1) is 0 Å². The molecule has 0 amide bonds. The highest BCUT2D eigenvalue weighted by Gasteiger charge is 2.21. The van der Waals surface area contributed by atoms with Crippen LogP contribution in [-0.2, 0) is 0 Å². The number of methoxy groups -OCH3 is 1. The van der Waals surface area contributed by atoms with Crippen molar-refractivity contribution in [2.45, 2.75) is 13.8 Å². The Morgan fingerprint density at radius 3 is 2.16 bits per heavy atom. The van der Waals surface area contributed by atoms with Gasteiger partial charge in [0.1, 0.15) is 17.1 Å². The number of rotatable bonds is 3. The van der Waals surface area contributed by atoms with Crippen LogP contribution in [-0.4, -0.2) is 31.4 Å². The predicted molar refractivity (Wildman–Crippen MR) is 113 cm³/mol. The predicted octanol–water partition coefficient (Wildman–Crippen LogP) is 4.91. The summed E-state index contributed by atoms with van der Waals surface area (Å²) in [7, 11) is 1.53. The molecule has 0 radical (unpaired) electrons. The molecule has 0 saturated heterocycles. The minimum atomic E-state index is -0.626. The van der Waals surface area contributed by atoms with E-state index in [-0.39, 0.29) is 5.56 Å². The number of imidazole rings is 1. The first-order valence-electron chi connectivity index (χ1n) is 9.58. The summed E-state index contributed by atoms with van der Waals surface area (Å²) in [5.41, 5.74) is 4.47. The fourth-order valence-electron chi connectivity index (χ4n) is 3.93. The Morgan fingerprint density at radius 2 is 1.52 bits per heavy atom. The molecule has 154 valence electrons. The number of benzene rings is 1. The van der Waals surface area contributed by atoms with Crippen molar-refractivity contribution in [1.82, 2.24) is 24.3 Å². The van der Waals surface area contributed by atoms with Crippen LogP contribution in [0.3, 0.4) is 0 Å². The smallest absolute Gasteiger partial charge is 0.223 e. The molecule has 5 rings (SSSR count). The van der Waals surface area contributed by atoms with Gasteiger partial charge >= 0.3 is 0 Å². The quantitative estimate of drug-likeness (QED) is 0.390. The highest BCUT2D eigenvalue weighted by atomic mass is 19.1. The molecule has 4 heterocycles. The summed E-state index contributed by atoms with van der Waals surface area (Å²) < 4.78 is 36.4. The van der Waals surface area contributed by atoms with Gasteiger partial charge in [0.2, 0.25) is 11.9 Å². The molecule has 0 fully saturated rings. The lowest BCUT2D eigenvalue weighted by molar-refractivity contribution is 0.419. The van der Waals surface area contributed by atoms with E-state index in [0.717, 1.165) is 5.52 Å². The first-order chi connectivity index (χ1) is 15.0. The van der Waals surface area contributed by atoms with Crippen LogP contribution >= 0.6 is 0 Å². The molecule has 0 N–H and O–H groups in total. The van der Waals surface area contributed by atoms with Gasteiger partial charge in [-0.2, -0.15) is 8.78 Å². The molecule has 0 atom stereocenters. The monoisotopic (exact) mass is 417 g/mol. The molecule has 0 aliphatic carbocycles. The molecule has 1 aromatic carbocycles. The van der Waals surface area contributed by atoms with Gasteiger partial charge < -0.3 is 4.74 Å². The number of hydrogen-bond donors (Lipinski definition) is 0. The number of aromatic nitrogens is 5. The summed E-state index contributed by atoms with van der Waals surface area (Å²) in [5.74, 6) is -0.372. The molecule has 0 aliphatic rings. The van der Waals surface area contributed by atoms with Gasteiger partial charge in [0.25, 0.3) is 0 Å². The Morgan fingerprint density at radius 1 is 0.871 bits per heavy atom. The van der Waals surface area contributed by atoms with Crippen LogP contribution in [0.25, 0.3) is 39.1 Å². The van der Waals surface area contributed by atoms with Crippen molar-refractivity contribution in [3.05, 3.63) is 72.1 Å². The minimum absolute atomic E-state index is 0.259. The molecule has 0 spiro atoms. The molecule has 0 unspecified atom stereocenters. The highest BCUT2D eigenvalue weighted by Crippen LogP contribution is 2.36. The van der Waals surface area contributed by atoms with Gasteiger partial charge in [-0.1, -0.05) is 0 Å². The lowest BCUT2D eigenvalue weighted by atomic mass is 10.1. The third-order valence-electron chi connectivity index (χ3n) is 5.26. The van der Waals surface area contributed by atoms with E-state index in [9.17, 15) is 8.78 Å². The minimum Gasteiger partial charge on any atom is -0.494 e. The van der Waals surface area contributed by atoms with Crippen LogP contribution in [0.15, 0.2) is 48.8 Å². The van der Waals surface area contributed by atoms with Crippen molar-refractivity contribution < 1.29 is 13.5 Å². The third kappa shape index (κ3) is 2.91. The van der Waals surface area contributed by atoms with E-state index in [4.69, 9.17) is 9.72 Å². The normalized spacial score (nSPS) is 11.4. The standard InChI is InChI=1S/C23H17F2N5O/c1-12-20-13(2)29-23(16-7-5-9-27-22(16)25)30(20)17-10-14(11-18(31-3)19(17)28-12)15-6-4-8-26-21(15)24/h4-11H,1-3H3. The molecule has 0 saturated carbocycles. The van der Waals surface area contributed by atoms with E-state index >= 15 is 0 Å². The van der Waals surface area contributed by atoms with Crippen molar-refractivity contribution >= 4 is 16.6 Å². The fourth-order valence-corrected chi connectivity index (χ4v) is 3.93. The van der Waals surface area contributed by atoms with Gasteiger partial charge in [-0.05, 0) is 55.8 Å². The van der Waals surface area contributed by atoms with Gasteiger partial charge in [-0.3, -0.25) is 4.40 Å². The largest absolute Gasteiger partial charge is 0.494 e. The Hall–Kier alpha value is -3.94. The van der Waals surface area contributed by atoms with Crippen LogP contribution in [0.2, 0.25) is 0 Å². The second-order valence-electron chi connectivity index (χ2n) is 7.13. The van der Waals surface area contributed by atoms with E-state index in [1.54, 1.807) is 36.4 Å². The van der Waals surface area contributed by atoms with Crippen molar-refractivity contribution in [3.63, 3.8) is 0 Å². The second kappa shape index (κ2) is 7.09. The Balaban J connectivity index is 1.96. The Bertz CT molecular complexity index is 1480. The zero-order valence-electron chi connectivity index (χ0n) is 17.0. The van der Waals surface area contributed by atoms with E-state index in [2.05, 4.69) is 15.0 Å². The Labute approximate surface area is 176 Å². The maximum absolute atomic E-state index is 14.6. The van der Waals surface area contributed by atoms with Crippen LogP contribution in [0.5, 0.6) is 5.75 Å². The summed E-state index contributed by atoms with van der Waals surface area (Å²) >= 11 is 0. The maximum Gasteiger partial charge on any atom is 0.223 e. The first-order valence-corrected chi connectivity index (χ1v) is 9.58. The molecule has 8 heteroatoms. The third-order valence-corrected chi connectivity index (χ3v) is 5.26.